The number of ether oxygens (including phenoxy) is 2. The molecule has 2 rings (SSSR count). The Bertz CT molecular complexity index is 518. The molecule has 1 aromatic carbocycles. The normalized spacial score (nSPS) is 21.9. The number of esters is 1. The number of anilines is 1. The minimum absolute atomic E-state index is 0.0121. The van der Waals surface area contributed by atoms with Gasteiger partial charge in [0.1, 0.15) is 0 Å². The van der Waals surface area contributed by atoms with Gasteiger partial charge in [-0.1, -0.05) is 13.3 Å². The molecule has 21 heavy (non-hydrogen) atoms. The second-order valence-electron chi connectivity index (χ2n) is 5.60. The van der Waals surface area contributed by atoms with Crippen LogP contribution in [-0.2, 0) is 4.74 Å². The lowest BCUT2D eigenvalue weighted by Crippen LogP contribution is -2.24. The van der Waals surface area contributed by atoms with Gasteiger partial charge in [-0.2, -0.15) is 0 Å². The van der Waals surface area contributed by atoms with Crippen molar-refractivity contribution in [3.63, 3.8) is 0 Å². The van der Waals surface area contributed by atoms with Crippen molar-refractivity contribution in [3.8, 4) is 5.75 Å². The quantitative estimate of drug-likeness (QED) is 0.681. The highest BCUT2D eigenvalue weighted by molar-refractivity contribution is 5.95. The number of benzene rings is 1. The van der Waals surface area contributed by atoms with E-state index in [0.717, 1.165) is 25.3 Å². The molecule has 0 amide bonds. The van der Waals surface area contributed by atoms with Crippen molar-refractivity contribution in [3.05, 3.63) is 23.5 Å². The first-order chi connectivity index (χ1) is 10.0. The van der Waals surface area contributed by atoms with Gasteiger partial charge in [0.15, 0.2) is 11.6 Å². The highest BCUT2D eigenvalue weighted by Gasteiger charge is 2.23. The van der Waals surface area contributed by atoms with Gasteiger partial charge in [0.25, 0.3) is 0 Å². The molecule has 116 valence electrons. The van der Waals surface area contributed by atoms with E-state index >= 15 is 0 Å². The molecule has 0 bridgehead atoms. The minimum atomic E-state index is -0.558. The van der Waals surface area contributed by atoms with Crippen LogP contribution in [0.2, 0.25) is 0 Å². The summed E-state index contributed by atoms with van der Waals surface area (Å²) in [6.07, 6.45) is 4.05. The van der Waals surface area contributed by atoms with Crippen molar-refractivity contribution in [2.75, 3.05) is 12.3 Å². The molecule has 2 unspecified atom stereocenters. The third-order valence-corrected chi connectivity index (χ3v) is 3.78. The Kier molecular flexibility index (Phi) is 5.04. The molecule has 0 aromatic heterocycles. The number of carbonyl (C=O) groups excluding carboxylic acids is 1. The summed E-state index contributed by atoms with van der Waals surface area (Å²) in [6.45, 7) is 4.11. The molecule has 0 spiro atoms. The topological polar surface area (TPSA) is 61.5 Å². The van der Waals surface area contributed by atoms with Gasteiger partial charge < -0.3 is 15.2 Å². The van der Waals surface area contributed by atoms with E-state index in [2.05, 4.69) is 6.92 Å². The lowest BCUT2D eigenvalue weighted by Gasteiger charge is -2.27. The highest BCUT2D eigenvalue weighted by atomic mass is 19.1. The number of carbonyl (C=O) groups is 1. The van der Waals surface area contributed by atoms with Gasteiger partial charge in [-0.05, 0) is 38.2 Å². The Hall–Kier alpha value is -1.78. The van der Waals surface area contributed by atoms with E-state index in [1.807, 2.05) is 0 Å². The zero-order chi connectivity index (χ0) is 15.4. The molecule has 1 aliphatic carbocycles. The Morgan fingerprint density at radius 2 is 2.19 bits per heavy atom. The fourth-order valence-electron chi connectivity index (χ4n) is 2.71. The summed E-state index contributed by atoms with van der Waals surface area (Å²) in [4.78, 5) is 11.8. The van der Waals surface area contributed by atoms with Gasteiger partial charge >= 0.3 is 5.97 Å². The Morgan fingerprint density at radius 3 is 2.86 bits per heavy atom. The SMILES string of the molecule is CCOC(=O)c1cc(OC2CCCC(C)C2)c(F)cc1N. The third kappa shape index (κ3) is 3.86. The van der Waals surface area contributed by atoms with Crippen molar-refractivity contribution in [1.82, 2.24) is 0 Å². The van der Waals surface area contributed by atoms with Crippen LogP contribution in [0.4, 0.5) is 10.1 Å². The average molecular weight is 295 g/mol. The van der Waals surface area contributed by atoms with Crippen LogP contribution in [-0.4, -0.2) is 18.7 Å². The van der Waals surface area contributed by atoms with Gasteiger partial charge in [0.05, 0.1) is 18.3 Å². The standard InChI is InChI=1S/C16H22FNO3/c1-3-20-16(19)12-8-15(13(17)9-14(12)18)21-11-6-4-5-10(2)7-11/h8-11H,3-7,18H2,1-2H3. The van der Waals surface area contributed by atoms with E-state index in [-0.39, 0.29) is 29.7 Å². The fourth-order valence-corrected chi connectivity index (χ4v) is 2.71. The average Bonchev–Trinajstić information content (AvgIpc) is 2.42. The number of nitrogens with two attached hydrogens (primary N) is 1. The first kappa shape index (κ1) is 15.6. The molecular weight excluding hydrogens is 273 g/mol. The summed E-state index contributed by atoms with van der Waals surface area (Å²) < 4.78 is 24.6. The molecule has 0 aliphatic heterocycles. The van der Waals surface area contributed by atoms with Crippen LogP contribution in [0.5, 0.6) is 5.75 Å². The molecule has 2 N–H and O–H groups in total. The first-order valence-electron chi connectivity index (χ1n) is 7.44. The van der Waals surface area contributed by atoms with Gasteiger partial charge in [-0.3, -0.25) is 0 Å². The third-order valence-electron chi connectivity index (χ3n) is 3.78. The molecule has 5 heteroatoms. The molecule has 0 heterocycles. The summed E-state index contributed by atoms with van der Waals surface area (Å²) in [5, 5.41) is 0. The lowest BCUT2D eigenvalue weighted by atomic mass is 9.89. The minimum Gasteiger partial charge on any atom is -0.487 e. The predicted octanol–water partition coefficient (Wildman–Crippen LogP) is 3.54. The van der Waals surface area contributed by atoms with Crippen molar-refractivity contribution >= 4 is 11.7 Å². The maximum absolute atomic E-state index is 14.0. The van der Waals surface area contributed by atoms with E-state index in [1.54, 1.807) is 6.92 Å². The summed E-state index contributed by atoms with van der Waals surface area (Å²) in [5.74, 6) is -0.452. The zero-order valence-corrected chi connectivity index (χ0v) is 12.5. The number of rotatable bonds is 4. The molecule has 4 nitrogen and oxygen atoms in total. The van der Waals surface area contributed by atoms with Crippen LogP contribution in [0.3, 0.4) is 0 Å². The van der Waals surface area contributed by atoms with Crippen LogP contribution < -0.4 is 10.5 Å². The summed E-state index contributed by atoms with van der Waals surface area (Å²) in [6, 6.07) is 2.47. The second kappa shape index (κ2) is 6.78. The molecule has 2 atom stereocenters. The molecular formula is C16H22FNO3. The Balaban J connectivity index is 2.18. The summed E-state index contributed by atoms with van der Waals surface area (Å²) in [5.41, 5.74) is 5.90. The van der Waals surface area contributed by atoms with E-state index in [4.69, 9.17) is 15.2 Å². The summed E-state index contributed by atoms with van der Waals surface area (Å²) >= 11 is 0. The molecule has 1 aliphatic rings. The Labute approximate surface area is 124 Å². The van der Waals surface area contributed by atoms with Crippen molar-refractivity contribution in [1.29, 1.82) is 0 Å². The smallest absolute Gasteiger partial charge is 0.340 e. The second-order valence-corrected chi connectivity index (χ2v) is 5.60. The van der Waals surface area contributed by atoms with E-state index in [0.29, 0.717) is 5.92 Å². The van der Waals surface area contributed by atoms with Gasteiger partial charge in [0.2, 0.25) is 0 Å². The number of nitrogen functional groups attached to an aromatic ring is 1. The predicted molar refractivity (Wildman–Crippen MR) is 78.8 cm³/mol. The first-order valence-corrected chi connectivity index (χ1v) is 7.44. The van der Waals surface area contributed by atoms with Gasteiger partial charge in [-0.15, -0.1) is 0 Å². The van der Waals surface area contributed by atoms with Crippen LogP contribution in [0.1, 0.15) is 49.9 Å². The fraction of sp³-hybridized carbons (Fsp3) is 0.562. The maximum Gasteiger partial charge on any atom is 0.340 e. The van der Waals surface area contributed by atoms with Gasteiger partial charge in [0, 0.05) is 11.8 Å². The lowest BCUT2D eigenvalue weighted by molar-refractivity contribution is 0.0526. The van der Waals surface area contributed by atoms with Crippen LogP contribution in [0, 0.1) is 11.7 Å². The van der Waals surface area contributed by atoms with E-state index in [9.17, 15) is 9.18 Å². The largest absolute Gasteiger partial charge is 0.487 e. The number of hydrogen-bond acceptors (Lipinski definition) is 4. The zero-order valence-electron chi connectivity index (χ0n) is 12.5. The monoisotopic (exact) mass is 295 g/mol. The molecule has 1 aromatic rings. The van der Waals surface area contributed by atoms with Crippen molar-refractivity contribution in [2.24, 2.45) is 5.92 Å². The number of halogens is 1. The molecule has 1 fully saturated rings. The number of hydrogen-bond donors (Lipinski definition) is 1. The van der Waals surface area contributed by atoms with Gasteiger partial charge in [-0.25, -0.2) is 9.18 Å². The van der Waals surface area contributed by atoms with Crippen LogP contribution in [0.25, 0.3) is 0 Å². The van der Waals surface area contributed by atoms with Crippen molar-refractivity contribution in [2.45, 2.75) is 45.6 Å². The molecule has 0 radical (unpaired) electrons. The maximum atomic E-state index is 14.0. The van der Waals surface area contributed by atoms with E-state index in [1.165, 1.54) is 12.5 Å². The Morgan fingerprint density at radius 1 is 1.43 bits per heavy atom. The van der Waals surface area contributed by atoms with Crippen LogP contribution >= 0.6 is 0 Å². The molecule has 1 saturated carbocycles. The van der Waals surface area contributed by atoms with Crippen LogP contribution in [0.15, 0.2) is 12.1 Å². The van der Waals surface area contributed by atoms with E-state index < -0.39 is 11.8 Å². The molecule has 0 saturated heterocycles. The highest BCUT2D eigenvalue weighted by Crippen LogP contribution is 2.31. The summed E-state index contributed by atoms with van der Waals surface area (Å²) in [7, 11) is 0. The van der Waals surface area contributed by atoms with Crippen molar-refractivity contribution < 1.29 is 18.7 Å².